The van der Waals surface area contributed by atoms with E-state index in [9.17, 15) is 0 Å². The second-order valence-corrected chi connectivity index (χ2v) is 5.01. The molecule has 2 rings (SSSR count). The average Bonchev–Trinajstić information content (AvgIpc) is 2.88. The van der Waals surface area contributed by atoms with Crippen molar-refractivity contribution >= 4 is 0 Å². The molecule has 108 valence electrons. The fourth-order valence-electron chi connectivity index (χ4n) is 2.30. The zero-order chi connectivity index (χ0) is 14.5. The Labute approximate surface area is 121 Å². The minimum Gasteiger partial charge on any atom is -0.313 e. The summed E-state index contributed by atoms with van der Waals surface area (Å²) in [5.74, 6) is 0.946. The number of hydrogen-bond acceptors (Lipinski definition) is 3. The first-order valence-electron chi connectivity index (χ1n) is 7.44. The summed E-state index contributed by atoms with van der Waals surface area (Å²) in [6.45, 7) is 10.3. The predicted octanol–water partition coefficient (Wildman–Crippen LogP) is 2.81. The van der Waals surface area contributed by atoms with E-state index in [2.05, 4.69) is 55.2 Å². The SMILES string of the molecule is CCNCc1cnc(-n2nc(CC)cc2CC)c(C)c1. The highest BCUT2D eigenvalue weighted by Crippen LogP contribution is 2.16. The van der Waals surface area contributed by atoms with Crippen molar-refractivity contribution in [2.75, 3.05) is 6.54 Å². The lowest BCUT2D eigenvalue weighted by Gasteiger charge is -2.10. The molecule has 4 heteroatoms. The molecule has 1 N–H and O–H groups in total. The van der Waals surface area contributed by atoms with Crippen LogP contribution in [0.25, 0.3) is 5.82 Å². The number of nitrogens with zero attached hydrogens (tertiary/aromatic N) is 3. The maximum Gasteiger partial charge on any atom is 0.156 e. The van der Waals surface area contributed by atoms with Crippen molar-refractivity contribution in [2.45, 2.75) is 47.1 Å². The molecule has 0 aromatic carbocycles. The quantitative estimate of drug-likeness (QED) is 0.879. The van der Waals surface area contributed by atoms with Crippen molar-refractivity contribution in [1.82, 2.24) is 20.1 Å². The second-order valence-electron chi connectivity index (χ2n) is 5.01. The van der Waals surface area contributed by atoms with Crippen molar-refractivity contribution in [2.24, 2.45) is 0 Å². The highest BCUT2D eigenvalue weighted by molar-refractivity contribution is 5.36. The Hall–Kier alpha value is -1.68. The topological polar surface area (TPSA) is 42.7 Å². The van der Waals surface area contributed by atoms with E-state index in [4.69, 9.17) is 0 Å². The molecule has 0 spiro atoms. The molecule has 2 aromatic heterocycles. The summed E-state index contributed by atoms with van der Waals surface area (Å²) in [6, 6.07) is 4.37. The number of aromatic nitrogens is 3. The molecule has 0 aliphatic carbocycles. The molecule has 0 fully saturated rings. The maximum atomic E-state index is 4.66. The standard InChI is InChI=1S/C16H24N4/c1-5-14-9-15(6-2)20(19-14)16-12(4)8-13(11-18-16)10-17-7-3/h8-9,11,17H,5-7,10H2,1-4H3. The molecule has 0 aliphatic heterocycles. The van der Waals surface area contributed by atoms with Crippen LogP contribution in [0.15, 0.2) is 18.3 Å². The van der Waals surface area contributed by atoms with Gasteiger partial charge in [-0.3, -0.25) is 0 Å². The van der Waals surface area contributed by atoms with Crippen molar-refractivity contribution in [3.05, 3.63) is 40.8 Å². The van der Waals surface area contributed by atoms with Gasteiger partial charge in [0, 0.05) is 18.4 Å². The van der Waals surface area contributed by atoms with Gasteiger partial charge in [0.25, 0.3) is 0 Å². The summed E-state index contributed by atoms with van der Waals surface area (Å²) in [5, 5.41) is 7.99. The Morgan fingerprint density at radius 3 is 2.55 bits per heavy atom. The molecular formula is C16H24N4. The second kappa shape index (κ2) is 6.66. The van der Waals surface area contributed by atoms with Crippen LogP contribution in [0.5, 0.6) is 0 Å². The van der Waals surface area contributed by atoms with Crippen LogP contribution in [0.1, 0.15) is 43.3 Å². The number of aryl methyl sites for hydroxylation is 3. The zero-order valence-corrected chi connectivity index (χ0v) is 12.9. The molecule has 0 unspecified atom stereocenters. The predicted molar refractivity (Wildman–Crippen MR) is 82.2 cm³/mol. The van der Waals surface area contributed by atoms with Gasteiger partial charge in [0.2, 0.25) is 0 Å². The number of pyridine rings is 1. The van der Waals surface area contributed by atoms with E-state index < -0.39 is 0 Å². The number of rotatable bonds is 6. The Bertz CT molecular complexity index is 572. The van der Waals surface area contributed by atoms with Crippen molar-refractivity contribution < 1.29 is 0 Å². The molecule has 0 radical (unpaired) electrons. The van der Waals surface area contributed by atoms with E-state index in [-0.39, 0.29) is 0 Å². The van der Waals surface area contributed by atoms with Crippen LogP contribution in [0.4, 0.5) is 0 Å². The van der Waals surface area contributed by atoms with Crippen LogP contribution in [-0.4, -0.2) is 21.3 Å². The molecule has 0 saturated heterocycles. The Morgan fingerprint density at radius 1 is 1.15 bits per heavy atom. The highest BCUT2D eigenvalue weighted by atomic mass is 15.3. The molecule has 0 saturated carbocycles. The fraction of sp³-hybridized carbons (Fsp3) is 0.500. The van der Waals surface area contributed by atoms with Crippen molar-refractivity contribution in [3.63, 3.8) is 0 Å². The van der Waals surface area contributed by atoms with Crippen LogP contribution in [0.3, 0.4) is 0 Å². The third-order valence-electron chi connectivity index (χ3n) is 3.45. The van der Waals surface area contributed by atoms with E-state index in [1.165, 1.54) is 16.8 Å². The summed E-state index contributed by atoms with van der Waals surface area (Å²) in [6.07, 6.45) is 3.86. The van der Waals surface area contributed by atoms with Gasteiger partial charge in [-0.05, 0) is 49.6 Å². The summed E-state index contributed by atoms with van der Waals surface area (Å²) >= 11 is 0. The van der Waals surface area contributed by atoms with Gasteiger partial charge in [-0.1, -0.05) is 20.8 Å². The monoisotopic (exact) mass is 272 g/mol. The van der Waals surface area contributed by atoms with Crippen molar-refractivity contribution in [3.8, 4) is 5.82 Å². The molecule has 4 nitrogen and oxygen atoms in total. The van der Waals surface area contributed by atoms with E-state index in [1.807, 2.05) is 10.9 Å². The average molecular weight is 272 g/mol. The third-order valence-corrected chi connectivity index (χ3v) is 3.45. The first kappa shape index (κ1) is 14.7. The lowest BCUT2D eigenvalue weighted by molar-refractivity contribution is 0.718. The Balaban J connectivity index is 2.35. The zero-order valence-electron chi connectivity index (χ0n) is 12.9. The minimum absolute atomic E-state index is 0.866. The van der Waals surface area contributed by atoms with Gasteiger partial charge in [-0.25, -0.2) is 9.67 Å². The maximum absolute atomic E-state index is 4.66. The van der Waals surface area contributed by atoms with Crippen LogP contribution < -0.4 is 5.32 Å². The van der Waals surface area contributed by atoms with Gasteiger partial charge >= 0.3 is 0 Å². The van der Waals surface area contributed by atoms with Gasteiger partial charge in [0.15, 0.2) is 5.82 Å². The number of nitrogens with one attached hydrogen (secondary N) is 1. The molecule has 2 heterocycles. The van der Waals surface area contributed by atoms with Gasteiger partial charge in [-0.2, -0.15) is 5.10 Å². The first-order valence-corrected chi connectivity index (χ1v) is 7.44. The van der Waals surface area contributed by atoms with Gasteiger partial charge in [0.1, 0.15) is 0 Å². The Morgan fingerprint density at radius 2 is 1.95 bits per heavy atom. The normalized spacial score (nSPS) is 11.0. The molecule has 0 atom stereocenters. The van der Waals surface area contributed by atoms with E-state index >= 15 is 0 Å². The summed E-state index contributed by atoms with van der Waals surface area (Å²) in [7, 11) is 0. The highest BCUT2D eigenvalue weighted by Gasteiger charge is 2.11. The first-order chi connectivity index (χ1) is 9.69. The molecule has 0 aliphatic rings. The summed E-state index contributed by atoms with van der Waals surface area (Å²) in [5.41, 5.74) is 4.73. The van der Waals surface area contributed by atoms with Crippen LogP contribution in [-0.2, 0) is 19.4 Å². The van der Waals surface area contributed by atoms with E-state index in [1.54, 1.807) is 0 Å². The molecule has 2 aromatic rings. The van der Waals surface area contributed by atoms with Gasteiger partial charge < -0.3 is 5.32 Å². The van der Waals surface area contributed by atoms with Crippen molar-refractivity contribution in [1.29, 1.82) is 0 Å². The summed E-state index contributed by atoms with van der Waals surface area (Å²) in [4.78, 5) is 4.62. The fourth-order valence-corrected chi connectivity index (χ4v) is 2.30. The molecule has 0 amide bonds. The Kier molecular flexibility index (Phi) is 4.90. The summed E-state index contributed by atoms with van der Waals surface area (Å²) < 4.78 is 1.99. The lowest BCUT2D eigenvalue weighted by atomic mass is 10.2. The molecule has 20 heavy (non-hydrogen) atoms. The largest absolute Gasteiger partial charge is 0.313 e. The van der Waals surface area contributed by atoms with Crippen LogP contribution >= 0.6 is 0 Å². The molecule has 0 bridgehead atoms. The van der Waals surface area contributed by atoms with Gasteiger partial charge in [-0.15, -0.1) is 0 Å². The van der Waals surface area contributed by atoms with E-state index in [0.717, 1.165) is 37.4 Å². The molecular weight excluding hydrogens is 248 g/mol. The van der Waals surface area contributed by atoms with Gasteiger partial charge in [0.05, 0.1) is 5.69 Å². The lowest BCUT2D eigenvalue weighted by Crippen LogP contribution is -2.13. The third kappa shape index (κ3) is 3.07. The van der Waals surface area contributed by atoms with E-state index in [0.29, 0.717) is 0 Å². The van der Waals surface area contributed by atoms with Crippen LogP contribution in [0, 0.1) is 6.92 Å². The van der Waals surface area contributed by atoms with Crippen LogP contribution in [0.2, 0.25) is 0 Å². The smallest absolute Gasteiger partial charge is 0.156 e. The number of hydrogen-bond donors (Lipinski definition) is 1. The minimum atomic E-state index is 0.866.